The summed E-state index contributed by atoms with van der Waals surface area (Å²) in [7, 11) is -3.53. The fourth-order valence-electron chi connectivity index (χ4n) is 4.57. The third kappa shape index (κ3) is 3.60. The van der Waals surface area contributed by atoms with Gasteiger partial charge in [0.1, 0.15) is 0 Å². The molecule has 1 atom stereocenters. The molecule has 0 aromatic heterocycles. The van der Waals surface area contributed by atoms with Gasteiger partial charge < -0.3 is 4.90 Å². The summed E-state index contributed by atoms with van der Waals surface area (Å²) in [4.78, 5) is 15.6. The zero-order valence-corrected chi connectivity index (χ0v) is 18.1. The number of nitrogens with zero attached hydrogens (tertiary/aromatic N) is 2. The van der Waals surface area contributed by atoms with Gasteiger partial charge in [0.2, 0.25) is 15.9 Å². The largest absolute Gasteiger partial charge is 0.309 e. The van der Waals surface area contributed by atoms with Crippen molar-refractivity contribution in [2.24, 2.45) is 5.92 Å². The molecule has 154 valence electrons. The van der Waals surface area contributed by atoms with E-state index in [0.29, 0.717) is 30.8 Å². The number of anilines is 1. The smallest absolute Gasteiger partial charge is 0.243 e. The molecule has 29 heavy (non-hydrogen) atoms. The van der Waals surface area contributed by atoms with Gasteiger partial charge in [-0.2, -0.15) is 4.31 Å². The summed E-state index contributed by atoms with van der Waals surface area (Å²) >= 11 is 0. The van der Waals surface area contributed by atoms with Gasteiger partial charge in [-0.1, -0.05) is 30.3 Å². The van der Waals surface area contributed by atoms with Crippen LogP contribution in [-0.4, -0.2) is 37.8 Å². The Balaban J connectivity index is 1.48. The van der Waals surface area contributed by atoms with Gasteiger partial charge >= 0.3 is 0 Å². The number of carbonyl (C=O) groups is 1. The van der Waals surface area contributed by atoms with Gasteiger partial charge in [0, 0.05) is 30.7 Å². The molecular formula is C23H28N2O3S. The van der Waals surface area contributed by atoms with Gasteiger partial charge in [-0.3, -0.25) is 4.79 Å². The molecule has 1 fully saturated rings. The van der Waals surface area contributed by atoms with Crippen LogP contribution in [0.2, 0.25) is 0 Å². The molecule has 0 aliphatic carbocycles. The lowest BCUT2D eigenvalue weighted by Crippen LogP contribution is -2.46. The number of amides is 1. The van der Waals surface area contributed by atoms with Crippen molar-refractivity contribution in [3.05, 3.63) is 59.2 Å². The van der Waals surface area contributed by atoms with Crippen LogP contribution in [0.15, 0.2) is 47.4 Å². The Kier molecular flexibility index (Phi) is 5.25. The monoisotopic (exact) mass is 412 g/mol. The molecule has 0 bridgehead atoms. The van der Waals surface area contributed by atoms with Crippen molar-refractivity contribution < 1.29 is 13.2 Å². The lowest BCUT2D eigenvalue weighted by Gasteiger charge is -2.34. The second-order valence-corrected chi connectivity index (χ2v) is 10.2. The average Bonchev–Trinajstić information content (AvgIpc) is 3.05. The standard InChI is InChI=1S/C23H28N2O3S/c1-16-8-9-17(2)22(14-16)29(27,28)24-12-10-19(11-13-24)23(26)25-18(3)15-20-6-4-5-7-21(20)25/h4-9,14,18-19H,10-13,15H2,1-3H3/t18-/m0/s1. The fourth-order valence-corrected chi connectivity index (χ4v) is 6.34. The minimum atomic E-state index is -3.53. The first-order chi connectivity index (χ1) is 13.8. The van der Waals surface area contributed by atoms with Crippen molar-refractivity contribution in [3.8, 4) is 0 Å². The van der Waals surface area contributed by atoms with E-state index in [2.05, 4.69) is 13.0 Å². The molecule has 2 aromatic carbocycles. The molecule has 0 saturated carbocycles. The van der Waals surface area contributed by atoms with E-state index in [1.54, 1.807) is 10.4 Å². The molecule has 6 heteroatoms. The Bertz CT molecular complexity index is 1040. The molecule has 5 nitrogen and oxygen atoms in total. The summed E-state index contributed by atoms with van der Waals surface area (Å²) in [6.45, 7) is 6.58. The number of para-hydroxylation sites is 1. The Morgan fingerprint density at radius 1 is 1.03 bits per heavy atom. The molecule has 0 N–H and O–H groups in total. The zero-order chi connectivity index (χ0) is 20.8. The second-order valence-electron chi connectivity index (χ2n) is 8.34. The van der Waals surface area contributed by atoms with Crippen molar-refractivity contribution in [1.82, 2.24) is 4.31 Å². The van der Waals surface area contributed by atoms with Crippen LogP contribution in [0, 0.1) is 19.8 Å². The first-order valence-electron chi connectivity index (χ1n) is 10.3. The maximum absolute atomic E-state index is 13.3. The maximum Gasteiger partial charge on any atom is 0.243 e. The highest BCUT2D eigenvalue weighted by atomic mass is 32.2. The van der Waals surface area contributed by atoms with Crippen LogP contribution in [0.5, 0.6) is 0 Å². The first-order valence-corrected chi connectivity index (χ1v) is 11.7. The summed E-state index contributed by atoms with van der Waals surface area (Å²) < 4.78 is 27.8. The number of hydrogen-bond acceptors (Lipinski definition) is 3. The molecule has 2 aliphatic heterocycles. The van der Waals surface area contributed by atoms with Gasteiger partial charge in [0.25, 0.3) is 0 Å². The van der Waals surface area contributed by atoms with E-state index in [-0.39, 0.29) is 17.9 Å². The van der Waals surface area contributed by atoms with Crippen molar-refractivity contribution in [2.75, 3.05) is 18.0 Å². The summed E-state index contributed by atoms with van der Waals surface area (Å²) in [5.41, 5.74) is 3.91. The Labute approximate surface area is 173 Å². The first kappa shape index (κ1) is 20.1. The van der Waals surface area contributed by atoms with E-state index in [1.165, 1.54) is 5.56 Å². The molecule has 2 aromatic rings. The Morgan fingerprint density at radius 2 is 1.72 bits per heavy atom. The quantitative estimate of drug-likeness (QED) is 0.773. The molecule has 1 amide bonds. The number of hydrogen-bond donors (Lipinski definition) is 0. The van der Waals surface area contributed by atoms with Gasteiger partial charge in [0.15, 0.2) is 0 Å². The summed E-state index contributed by atoms with van der Waals surface area (Å²) in [6.07, 6.45) is 2.00. The third-order valence-electron chi connectivity index (χ3n) is 6.21. The molecular weight excluding hydrogens is 384 g/mol. The molecule has 1 saturated heterocycles. The number of benzene rings is 2. The summed E-state index contributed by atoms with van der Waals surface area (Å²) in [5, 5.41) is 0. The van der Waals surface area contributed by atoms with Gasteiger partial charge in [-0.25, -0.2) is 8.42 Å². The van der Waals surface area contributed by atoms with Crippen LogP contribution < -0.4 is 4.90 Å². The molecule has 0 radical (unpaired) electrons. The molecule has 2 heterocycles. The maximum atomic E-state index is 13.3. The minimum Gasteiger partial charge on any atom is -0.309 e. The van der Waals surface area contributed by atoms with E-state index >= 15 is 0 Å². The van der Waals surface area contributed by atoms with Gasteiger partial charge in [-0.05, 0) is 68.9 Å². The number of fused-ring (bicyclic) bond motifs is 1. The summed E-state index contributed by atoms with van der Waals surface area (Å²) in [6, 6.07) is 13.7. The minimum absolute atomic E-state index is 0.131. The van der Waals surface area contributed by atoms with Crippen LogP contribution >= 0.6 is 0 Å². The zero-order valence-electron chi connectivity index (χ0n) is 17.3. The van der Waals surface area contributed by atoms with Gasteiger partial charge in [-0.15, -0.1) is 0 Å². The number of rotatable bonds is 3. The van der Waals surface area contributed by atoms with E-state index in [9.17, 15) is 13.2 Å². The van der Waals surface area contributed by atoms with E-state index in [1.807, 2.05) is 49.1 Å². The lowest BCUT2D eigenvalue weighted by molar-refractivity contribution is -0.123. The van der Waals surface area contributed by atoms with Crippen LogP contribution in [-0.2, 0) is 21.2 Å². The molecule has 0 unspecified atom stereocenters. The number of carbonyl (C=O) groups excluding carboxylic acids is 1. The van der Waals surface area contributed by atoms with E-state index in [4.69, 9.17) is 0 Å². The normalized spacial score (nSPS) is 20.7. The van der Waals surface area contributed by atoms with Gasteiger partial charge in [0.05, 0.1) is 4.90 Å². The van der Waals surface area contributed by atoms with Crippen molar-refractivity contribution in [3.63, 3.8) is 0 Å². The van der Waals surface area contributed by atoms with Crippen molar-refractivity contribution >= 4 is 21.6 Å². The van der Waals surface area contributed by atoms with Crippen LogP contribution in [0.3, 0.4) is 0 Å². The highest BCUT2D eigenvalue weighted by Crippen LogP contribution is 2.35. The van der Waals surface area contributed by atoms with Crippen LogP contribution in [0.4, 0.5) is 5.69 Å². The number of aryl methyl sites for hydroxylation is 2. The Morgan fingerprint density at radius 3 is 2.45 bits per heavy atom. The van der Waals surface area contributed by atoms with E-state index in [0.717, 1.165) is 23.2 Å². The topological polar surface area (TPSA) is 57.7 Å². The fraction of sp³-hybridized carbons (Fsp3) is 0.435. The van der Waals surface area contributed by atoms with Crippen LogP contribution in [0.1, 0.15) is 36.5 Å². The second kappa shape index (κ2) is 7.58. The average molecular weight is 413 g/mol. The number of piperidine rings is 1. The van der Waals surface area contributed by atoms with Crippen LogP contribution in [0.25, 0.3) is 0 Å². The molecule has 2 aliphatic rings. The van der Waals surface area contributed by atoms with Crippen molar-refractivity contribution in [1.29, 1.82) is 0 Å². The highest BCUT2D eigenvalue weighted by Gasteiger charge is 2.38. The number of sulfonamides is 1. The molecule has 4 rings (SSSR count). The Hall–Kier alpha value is -2.18. The SMILES string of the molecule is Cc1ccc(C)c(S(=O)(=O)N2CCC(C(=O)N3c4ccccc4C[C@@H]3C)CC2)c1. The predicted molar refractivity (Wildman–Crippen MR) is 114 cm³/mol. The lowest BCUT2D eigenvalue weighted by atomic mass is 9.96. The van der Waals surface area contributed by atoms with Crippen molar-refractivity contribution in [2.45, 2.75) is 51.0 Å². The summed E-state index contributed by atoms with van der Waals surface area (Å²) in [5.74, 6) is -0.0000957. The highest BCUT2D eigenvalue weighted by molar-refractivity contribution is 7.89. The molecule has 0 spiro atoms. The third-order valence-corrected chi connectivity index (χ3v) is 8.25. The predicted octanol–water partition coefficient (Wildman–Crippen LogP) is 3.68. The van der Waals surface area contributed by atoms with E-state index < -0.39 is 10.0 Å².